The van der Waals surface area contributed by atoms with Crippen LogP contribution in [0.3, 0.4) is 0 Å². The number of carbonyl (C=O) groups excluding carboxylic acids is 1. The highest BCUT2D eigenvalue weighted by atomic mass is 32.1. The summed E-state index contributed by atoms with van der Waals surface area (Å²) < 4.78 is 4.39. The molecule has 1 amide bonds. The summed E-state index contributed by atoms with van der Waals surface area (Å²) >= 11 is 1.42. The second kappa shape index (κ2) is 14.1. The normalized spacial score (nSPS) is 14.2. The van der Waals surface area contributed by atoms with E-state index in [4.69, 9.17) is 0 Å². The molecule has 1 saturated heterocycles. The lowest BCUT2D eigenvalue weighted by Gasteiger charge is -2.31. The van der Waals surface area contributed by atoms with Crippen molar-refractivity contribution >= 4 is 34.5 Å². The van der Waals surface area contributed by atoms with Gasteiger partial charge in [-0.3, -0.25) is 4.79 Å². The molecule has 0 saturated carbocycles. The summed E-state index contributed by atoms with van der Waals surface area (Å²) in [6.45, 7) is 17.1. The number of rotatable bonds is 6. The molecular weight excluding hydrogens is 480 g/mol. The lowest BCUT2D eigenvalue weighted by atomic mass is 10.1. The van der Waals surface area contributed by atoms with Crippen molar-refractivity contribution in [1.29, 1.82) is 0 Å². The van der Waals surface area contributed by atoms with Crippen molar-refractivity contribution < 1.29 is 4.79 Å². The van der Waals surface area contributed by atoms with E-state index in [1.807, 2.05) is 32.6 Å². The summed E-state index contributed by atoms with van der Waals surface area (Å²) in [6.07, 6.45) is 1.74. The highest BCUT2D eigenvalue weighted by Gasteiger charge is 2.28. The molecule has 200 valence electrons. The first kappa shape index (κ1) is 28.6. The van der Waals surface area contributed by atoms with Crippen LogP contribution in [0, 0.1) is 6.92 Å². The zero-order valence-electron chi connectivity index (χ0n) is 23.2. The van der Waals surface area contributed by atoms with Crippen molar-refractivity contribution in [2.75, 3.05) is 54.4 Å². The molecule has 2 aromatic carbocycles. The van der Waals surface area contributed by atoms with Crippen molar-refractivity contribution in [3.8, 4) is 10.6 Å². The number of benzene rings is 2. The maximum absolute atomic E-state index is 13.2. The molecule has 1 fully saturated rings. The van der Waals surface area contributed by atoms with Crippen LogP contribution in [-0.2, 0) is 17.6 Å². The van der Waals surface area contributed by atoms with E-state index in [2.05, 4.69) is 75.1 Å². The molecule has 5 rings (SSSR count). The number of aromatic nitrogens is 2. The topological polar surface area (TPSA) is 73.4 Å². The van der Waals surface area contributed by atoms with Gasteiger partial charge in [-0.2, -0.15) is 4.37 Å². The number of hydrogen-bond acceptors (Lipinski definition) is 7. The van der Waals surface area contributed by atoms with E-state index >= 15 is 0 Å². The number of aryl methyl sites for hydroxylation is 2. The third-order valence-corrected chi connectivity index (χ3v) is 7.26. The number of nitrogens with one attached hydrogen (secondary N) is 2. The fraction of sp³-hybridized carbons (Fsp3) is 0.483. The van der Waals surface area contributed by atoms with Crippen LogP contribution in [0.1, 0.15) is 51.6 Å². The monoisotopic (exact) mass is 522 g/mol. The highest BCUT2D eigenvalue weighted by molar-refractivity contribution is 7.09. The van der Waals surface area contributed by atoms with E-state index < -0.39 is 0 Å². The maximum atomic E-state index is 13.2. The summed E-state index contributed by atoms with van der Waals surface area (Å²) in [6, 6.07) is 12.6. The van der Waals surface area contributed by atoms with Gasteiger partial charge in [-0.15, -0.1) is 0 Å². The second-order valence-electron chi connectivity index (χ2n) is 8.56. The molecule has 8 heteroatoms. The van der Waals surface area contributed by atoms with Gasteiger partial charge in [0, 0.05) is 67.3 Å². The lowest BCUT2D eigenvalue weighted by Crippen LogP contribution is -2.43. The third kappa shape index (κ3) is 6.67. The van der Waals surface area contributed by atoms with Gasteiger partial charge in [0.15, 0.2) is 0 Å². The Hall–Kier alpha value is -2.97. The Morgan fingerprint density at radius 2 is 1.78 bits per heavy atom. The average molecular weight is 523 g/mol. The van der Waals surface area contributed by atoms with Gasteiger partial charge in [0.2, 0.25) is 5.91 Å². The predicted octanol–water partition coefficient (Wildman–Crippen LogP) is 5.54. The summed E-state index contributed by atoms with van der Waals surface area (Å²) in [5.41, 5.74) is 6.74. The van der Waals surface area contributed by atoms with E-state index in [0.717, 1.165) is 78.9 Å². The summed E-state index contributed by atoms with van der Waals surface area (Å²) in [7, 11) is 0. The number of amides is 1. The molecule has 3 aromatic rings. The van der Waals surface area contributed by atoms with E-state index in [-0.39, 0.29) is 12.5 Å². The molecule has 2 aliphatic heterocycles. The zero-order chi connectivity index (χ0) is 26.8. The Balaban J connectivity index is 0.000000907. The number of hydrogen-bond donors (Lipinski definition) is 2. The standard InChI is InChI=1S/C25H30N6OS.2C2H6/c1-3-23-28-25(33-29-23)18-8-7-17(2)20(15-18)27-16-24(32)31-12-9-19-21(5-4-6-22(19)31)30-13-10-26-11-14-30;2*1-2/h4-8,15,26-27H,3,9-14,16H2,1-2H3;2*1-2H3. The van der Waals surface area contributed by atoms with Crippen molar-refractivity contribution in [2.24, 2.45) is 0 Å². The van der Waals surface area contributed by atoms with E-state index in [1.165, 1.54) is 22.8 Å². The fourth-order valence-corrected chi connectivity index (χ4v) is 5.34. The van der Waals surface area contributed by atoms with Crippen LogP contribution in [0.4, 0.5) is 17.1 Å². The molecule has 3 heterocycles. The van der Waals surface area contributed by atoms with Crippen LogP contribution >= 0.6 is 11.5 Å². The molecule has 0 atom stereocenters. The van der Waals surface area contributed by atoms with Gasteiger partial charge >= 0.3 is 0 Å². The van der Waals surface area contributed by atoms with E-state index in [9.17, 15) is 4.79 Å². The summed E-state index contributed by atoms with van der Waals surface area (Å²) in [5.74, 6) is 0.966. The first-order chi connectivity index (χ1) is 18.1. The van der Waals surface area contributed by atoms with Gasteiger partial charge in [0.1, 0.15) is 10.8 Å². The Morgan fingerprint density at radius 3 is 2.49 bits per heavy atom. The minimum Gasteiger partial charge on any atom is -0.376 e. The smallest absolute Gasteiger partial charge is 0.246 e. The van der Waals surface area contributed by atoms with Gasteiger partial charge in [-0.05, 0) is 48.6 Å². The third-order valence-electron chi connectivity index (χ3n) is 6.46. The van der Waals surface area contributed by atoms with Crippen LogP contribution in [0.25, 0.3) is 10.6 Å². The molecule has 0 radical (unpaired) electrons. The lowest BCUT2D eigenvalue weighted by molar-refractivity contribution is -0.116. The molecule has 37 heavy (non-hydrogen) atoms. The molecule has 2 aliphatic rings. The Bertz CT molecular complexity index is 1160. The average Bonchev–Trinajstić information content (AvgIpc) is 3.63. The Labute approximate surface area is 226 Å². The van der Waals surface area contributed by atoms with E-state index in [0.29, 0.717) is 0 Å². The largest absolute Gasteiger partial charge is 0.376 e. The van der Waals surface area contributed by atoms with Crippen molar-refractivity contribution in [2.45, 2.75) is 54.4 Å². The van der Waals surface area contributed by atoms with Crippen molar-refractivity contribution in [3.05, 3.63) is 53.3 Å². The molecule has 0 aliphatic carbocycles. The number of fused-ring (bicyclic) bond motifs is 1. The van der Waals surface area contributed by atoms with Crippen LogP contribution in [-0.4, -0.2) is 54.5 Å². The molecule has 0 spiro atoms. The fourth-order valence-electron chi connectivity index (χ4n) is 4.60. The predicted molar refractivity (Wildman–Crippen MR) is 158 cm³/mol. The van der Waals surface area contributed by atoms with Crippen molar-refractivity contribution in [3.63, 3.8) is 0 Å². The number of nitrogens with zero attached hydrogens (tertiary/aromatic N) is 4. The van der Waals surface area contributed by atoms with Crippen molar-refractivity contribution in [1.82, 2.24) is 14.7 Å². The highest BCUT2D eigenvalue weighted by Crippen LogP contribution is 2.36. The molecule has 0 bridgehead atoms. The SMILES string of the molecule is CC.CC.CCc1nsc(-c2ccc(C)c(NCC(=O)N3CCc4c(N5CCNCC5)cccc43)c2)n1. The van der Waals surface area contributed by atoms with Crippen LogP contribution in [0.5, 0.6) is 0 Å². The van der Waals surface area contributed by atoms with Gasteiger partial charge in [0.25, 0.3) is 0 Å². The van der Waals surface area contributed by atoms with Gasteiger partial charge < -0.3 is 20.4 Å². The molecular formula is C29H42N6OS. The minimum atomic E-state index is 0.0974. The first-order valence-electron chi connectivity index (χ1n) is 13.7. The molecule has 2 N–H and O–H groups in total. The molecule has 0 unspecified atom stereocenters. The first-order valence-corrected chi connectivity index (χ1v) is 14.5. The minimum absolute atomic E-state index is 0.0974. The van der Waals surface area contributed by atoms with Crippen LogP contribution in [0.2, 0.25) is 0 Å². The summed E-state index contributed by atoms with van der Waals surface area (Å²) in [5, 5.41) is 7.70. The van der Waals surface area contributed by atoms with Crippen LogP contribution < -0.4 is 20.4 Å². The number of carbonyl (C=O) groups is 1. The number of piperazine rings is 1. The maximum Gasteiger partial charge on any atom is 0.246 e. The molecule has 1 aromatic heterocycles. The number of anilines is 3. The quantitative estimate of drug-likeness (QED) is 0.443. The summed E-state index contributed by atoms with van der Waals surface area (Å²) in [4.78, 5) is 22.2. The van der Waals surface area contributed by atoms with Gasteiger partial charge in [0.05, 0.1) is 6.54 Å². The molecule has 7 nitrogen and oxygen atoms in total. The Morgan fingerprint density at radius 1 is 1.05 bits per heavy atom. The van der Waals surface area contributed by atoms with Gasteiger partial charge in [-0.1, -0.05) is 52.8 Å². The van der Waals surface area contributed by atoms with Gasteiger partial charge in [-0.25, -0.2) is 4.98 Å². The van der Waals surface area contributed by atoms with Crippen LogP contribution in [0.15, 0.2) is 36.4 Å². The Kier molecular flexibility index (Phi) is 10.9. The zero-order valence-corrected chi connectivity index (χ0v) is 24.0. The second-order valence-corrected chi connectivity index (χ2v) is 9.31. The van der Waals surface area contributed by atoms with E-state index in [1.54, 1.807) is 0 Å².